The maximum absolute atomic E-state index is 10.7. The van der Waals surface area contributed by atoms with E-state index in [1.807, 2.05) is 6.08 Å². The SMILES string of the molecule is CS(=O)(=O)OCC=C1CC2CCC1C2. The predicted molar refractivity (Wildman–Crippen MR) is 54.3 cm³/mol. The van der Waals surface area contributed by atoms with Gasteiger partial charge in [-0.25, -0.2) is 0 Å². The van der Waals surface area contributed by atoms with Gasteiger partial charge < -0.3 is 0 Å². The second-order valence-electron chi connectivity index (χ2n) is 4.35. The fourth-order valence-electron chi connectivity index (χ4n) is 2.61. The Kier molecular flexibility index (Phi) is 2.66. The van der Waals surface area contributed by atoms with E-state index >= 15 is 0 Å². The topological polar surface area (TPSA) is 43.4 Å². The van der Waals surface area contributed by atoms with Crippen molar-refractivity contribution in [3.05, 3.63) is 11.6 Å². The molecule has 0 heterocycles. The lowest BCUT2D eigenvalue weighted by molar-refractivity contribution is 0.359. The summed E-state index contributed by atoms with van der Waals surface area (Å²) < 4.78 is 26.1. The van der Waals surface area contributed by atoms with Gasteiger partial charge in [0.05, 0.1) is 12.9 Å². The zero-order valence-electron chi connectivity index (χ0n) is 8.40. The van der Waals surface area contributed by atoms with Gasteiger partial charge in [0, 0.05) is 0 Å². The van der Waals surface area contributed by atoms with Gasteiger partial charge in [0.25, 0.3) is 10.1 Å². The molecule has 3 nitrogen and oxygen atoms in total. The van der Waals surface area contributed by atoms with Crippen molar-refractivity contribution in [1.29, 1.82) is 0 Å². The van der Waals surface area contributed by atoms with E-state index in [1.165, 1.54) is 24.8 Å². The molecule has 2 saturated carbocycles. The molecule has 2 unspecified atom stereocenters. The van der Waals surface area contributed by atoms with Gasteiger partial charge in [0.1, 0.15) is 0 Å². The van der Waals surface area contributed by atoms with E-state index in [-0.39, 0.29) is 6.61 Å². The Hall–Kier alpha value is -0.350. The summed E-state index contributed by atoms with van der Waals surface area (Å²) in [5, 5.41) is 0. The Morgan fingerprint density at radius 2 is 2.29 bits per heavy atom. The van der Waals surface area contributed by atoms with Crippen LogP contribution in [0.2, 0.25) is 0 Å². The zero-order valence-corrected chi connectivity index (χ0v) is 9.22. The van der Waals surface area contributed by atoms with Crippen molar-refractivity contribution in [2.24, 2.45) is 11.8 Å². The lowest BCUT2D eigenvalue weighted by atomic mass is 9.95. The summed E-state index contributed by atoms with van der Waals surface area (Å²) in [7, 11) is -3.27. The third kappa shape index (κ3) is 2.36. The fraction of sp³-hybridized carbons (Fsp3) is 0.800. The summed E-state index contributed by atoms with van der Waals surface area (Å²) in [6.45, 7) is 0.220. The molecule has 2 fully saturated rings. The van der Waals surface area contributed by atoms with Gasteiger partial charge in [-0.15, -0.1) is 0 Å². The summed E-state index contributed by atoms with van der Waals surface area (Å²) in [5.41, 5.74) is 1.42. The molecule has 2 bridgehead atoms. The first kappa shape index (κ1) is 10.2. The van der Waals surface area contributed by atoms with Crippen LogP contribution in [0.15, 0.2) is 11.6 Å². The van der Waals surface area contributed by atoms with Crippen LogP contribution >= 0.6 is 0 Å². The van der Waals surface area contributed by atoms with Crippen molar-refractivity contribution in [1.82, 2.24) is 0 Å². The number of allylic oxidation sites excluding steroid dienone is 1. The normalized spacial score (nSPS) is 34.2. The van der Waals surface area contributed by atoms with Crippen molar-refractivity contribution in [3.63, 3.8) is 0 Å². The lowest BCUT2D eigenvalue weighted by Gasteiger charge is -2.12. The Morgan fingerprint density at radius 1 is 1.50 bits per heavy atom. The molecule has 0 aromatic rings. The average Bonchev–Trinajstić information content (AvgIpc) is 2.62. The predicted octanol–water partition coefficient (Wildman–Crippen LogP) is 1.71. The number of rotatable bonds is 3. The van der Waals surface area contributed by atoms with Gasteiger partial charge >= 0.3 is 0 Å². The van der Waals surface area contributed by atoms with E-state index in [1.54, 1.807) is 0 Å². The lowest BCUT2D eigenvalue weighted by Crippen LogP contribution is -2.04. The number of hydrogen-bond acceptors (Lipinski definition) is 3. The third-order valence-electron chi connectivity index (χ3n) is 3.22. The summed E-state index contributed by atoms with van der Waals surface area (Å²) in [5.74, 6) is 1.59. The number of hydrogen-bond donors (Lipinski definition) is 0. The zero-order chi connectivity index (χ0) is 10.2. The Bertz CT molecular complexity index is 342. The molecule has 80 valence electrons. The summed E-state index contributed by atoms with van der Waals surface area (Å²) in [6.07, 6.45) is 8.17. The smallest absolute Gasteiger partial charge is 0.264 e. The quantitative estimate of drug-likeness (QED) is 0.533. The summed E-state index contributed by atoms with van der Waals surface area (Å²) in [6, 6.07) is 0. The Labute approximate surface area is 85.3 Å². The molecular weight excluding hydrogens is 200 g/mol. The molecule has 0 saturated heterocycles. The highest BCUT2D eigenvalue weighted by Crippen LogP contribution is 2.47. The highest BCUT2D eigenvalue weighted by molar-refractivity contribution is 7.85. The second-order valence-corrected chi connectivity index (χ2v) is 5.99. The van der Waals surface area contributed by atoms with Crippen molar-refractivity contribution < 1.29 is 12.6 Å². The second kappa shape index (κ2) is 3.66. The van der Waals surface area contributed by atoms with Crippen LogP contribution in [-0.2, 0) is 14.3 Å². The van der Waals surface area contributed by atoms with Crippen LogP contribution in [0.4, 0.5) is 0 Å². The van der Waals surface area contributed by atoms with E-state index in [2.05, 4.69) is 0 Å². The minimum Gasteiger partial charge on any atom is -0.266 e. The van der Waals surface area contributed by atoms with Crippen LogP contribution in [0, 0.1) is 11.8 Å². The van der Waals surface area contributed by atoms with E-state index in [0.717, 1.165) is 24.5 Å². The van der Waals surface area contributed by atoms with E-state index < -0.39 is 10.1 Å². The maximum atomic E-state index is 10.7. The monoisotopic (exact) mass is 216 g/mol. The molecule has 0 aromatic heterocycles. The summed E-state index contributed by atoms with van der Waals surface area (Å²) >= 11 is 0. The van der Waals surface area contributed by atoms with E-state index in [0.29, 0.717) is 0 Å². The highest BCUT2D eigenvalue weighted by Gasteiger charge is 2.34. The Balaban J connectivity index is 1.88. The van der Waals surface area contributed by atoms with Gasteiger partial charge in [0.15, 0.2) is 0 Å². The van der Waals surface area contributed by atoms with Gasteiger partial charge in [-0.1, -0.05) is 11.6 Å². The van der Waals surface area contributed by atoms with Crippen molar-refractivity contribution in [3.8, 4) is 0 Å². The minimum atomic E-state index is -3.27. The standard InChI is InChI=1S/C10H16O3S/c1-14(11,12)13-5-4-10-7-8-2-3-9(10)6-8/h4,8-9H,2-3,5-7H2,1H3. The molecule has 4 heteroatoms. The first-order chi connectivity index (χ1) is 6.54. The summed E-state index contributed by atoms with van der Waals surface area (Å²) in [4.78, 5) is 0. The molecule has 0 aromatic carbocycles. The fourth-order valence-corrected chi connectivity index (χ4v) is 2.93. The molecule has 14 heavy (non-hydrogen) atoms. The van der Waals surface area contributed by atoms with Crippen molar-refractivity contribution in [2.45, 2.75) is 25.7 Å². The molecule has 0 spiro atoms. The first-order valence-electron chi connectivity index (χ1n) is 5.08. The molecule has 2 atom stereocenters. The molecule has 0 aliphatic heterocycles. The van der Waals surface area contributed by atoms with Crippen LogP contribution in [0.5, 0.6) is 0 Å². The molecular formula is C10H16O3S. The van der Waals surface area contributed by atoms with E-state index in [4.69, 9.17) is 4.18 Å². The van der Waals surface area contributed by atoms with Crippen LogP contribution in [0.3, 0.4) is 0 Å². The molecule has 2 aliphatic rings. The van der Waals surface area contributed by atoms with Gasteiger partial charge in [-0.05, 0) is 37.5 Å². The van der Waals surface area contributed by atoms with Crippen molar-refractivity contribution >= 4 is 10.1 Å². The van der Waals surface area contributed by atoms with Crippen molar-refractivity contribution in [2.75, 3.05) is 12.9 Å². The van der Waals surface area contributed by atoms with Crippen LogP contribution in [0.25, 0.3) is 0 Å². The van der Waals surface area contributed by atoms with Crippen LogP contribution in [0.1, 0.15) is 25.7 Å². The average molecular weight is 216 g/mol. The largest absolute Gasteiger partial charge is 0.266 e. The van der Waals surface area contributed by atoms with Crippen LogP contribution in [-0.4, -0.2) is 21.3 Å². The highest BCUT2D eigenvalue weighted by atomic mass is 32.2. The van der Waals surface area contributed by atoms with E-state index in [9.17, 15) is 8.42 Å². The van der Waals surface area contributed by atoms with Crippen LogP contribution < -0.4 is 0 Å². The third-order valence-corrected chi connectivity index (χ3v) is 3.78. The van der Waals surface area contributed by atoms with Gasteiger partial charge in [-0.2, -0.15) is 8.42 Å². The Morgan fingerprint density at radius 3 is 2.79 bits per heavy atom. The van der Waals surface area contributed by atoms with Gasteiger partial charge in [-0.3, -0.25) is 4.18 Å². The first-order valence-corrected chi connectivity index (χ1v) is 6.89. The molecule has 0 N–H and O–H groups in total. The van der Waals surface area contributed by atoms with Gasteiger partial charge in [0.2, 0.25) is 0 Å². The number of fused-ring (bicyclic) bond motifs is 2. The molecule has 2 rings (SSSR count). The maximum Gasteiger partial charge on any atom is 0.264 e. The molecule has 2 aliphatic carbocycles. The molecule has 0 amide bonds. The molecule has 0 radical (unpaired) electrons. The minimum absolute atomic E-state index is 0.220.